The number of alkyl halides is 1. The van der Waals surface area contributed by atoms with Crippen LogP contribution in [0.4, 0.5) is 0 Å². The van der Waals surface area contributed by atoms with Crippen molar-refractivity contribution in [3.63, 3.8) is 0 Å². The minimum absolute atomic E-state index is 0.181. The molecule has 0 saturated heterocycles. The first-order valence-corrected chi connectivity index (χ1v) is 6.88. The molecule has 0 N–H and O–H groups in total. The fourth-order valence-electron chi connectivity index (χ4n) is 1.48. The number of nitrogens with zero attached hydrogens (tertiary/aromatic N) is 1. The first-order chi connectivity index (χ1) is 8.19. The van der Waals surface area contributed by atoms with Gasteiger partial charge in [-0.1, -0.05) is 12.1 Å². The van der Waals surface area contributed by atoms with Gasteiger partial charge in [0.25, 0.3) is 0 Å². The number of thiazole rings is 1. The Morgan fingerprint density at radius 3 is 2.88 bits per heavy atom. The Hall–Kier alpha value is -1.06. The van der Waals surface area contributed by atoms with Crippen molar-refractivity contribution in [3.05, 3.63) is 35.3 Å². The number of hydrogen-bond acceptors (Lipinski definition) is 3. The maximum atomic E-state index is 5.75. The van der Waals surface area contributed by atoms with Crippen LogP contribution in [0.2, 0.25) is 0 Å². The fraction of sp³-hybridized carbons (Fsp3) is 0.308. The van der Waals surface area contributed by atoms with Gasteiger partial charge in [-0.3, -0.25) is 0 Å². The molecule has 0 amide bonds. The van der Waals surface area contributed by atoms with Crippen molar-refractivity contribution in [2.45, 2.75) is 25.8 Å². The van der Waals surface area contributed by atoms with Crippen LogP contribution >= 0.6 is 22.9 Å². The zero-order valence-corrected chi connectivity index (χ0v) is 11.4. The summed E-state index contributed by atoms with van der Waals surface area (Å²) in [6, 6.07) is 7.98. The number of rotatable bonds is 4. The lowest BCUT2D eigenvalue weighted by molar-refractivity contribution is 0.242. The summed E-state index contributed by atoms with van der Waals surface area (Å²) in [4.78, 5) is 4.45. The molecular formula is C13H14ClNOS. The largest absolute Gasteiger partial charge is 0.491 e. The van der Waals surface area contributed by atoms with Crippen LogP contribution in [0.25, 0.3) is 10.6 Å². The lowest BCUT2D eigenvalue weighted by Gasteiger charge is -2.09. The lowest BCUT2D eigenvalue weighted by atomic mass is 10.2. The van der Waals surface area contributed by atoms with Crippen LogP contribution in [0.5, 0.6) is 5.75 Å². The Labute approximate surface area is 110 Å². The van der Waals surface area contributed by atoms with Gasteiger partial charge in [-0.05, 0) is 26.0 Å². The fourth-order valence-corrected chi connectivity index (χ4v) is 2.52. The van der Waals surface area contributed by atoms with E-state index in [1.807, 2.05) is 43.5 Å². The van der Waals surface area contributed by atoms with Crippen molar-refractivity contribution in [1.29, 1.82) is 0 Å². The molecule has 0 fully saturated rings. The Morgan fingerprint density at radius 1 is 1.41 bits per heavy atom. The molecule has 0 unspecified atom stereocenters. The number of benzene rings is 1. The second kappa shape index (κ2) is 5.52. The van der Waals surface area contributed by atoms with Crippen LogP contribution < -0.4 is 4.74 Å². The highest BCUT2D eigenvalue weighted by Gasteiger charge is 2.06. The average molecular weight is 268 g/mol. The van der Waals surface area contributed by atoms with Crippen molar-refractivity contribution in [1.82, 2.24) is 4.98 Å². The zero-order valence-electron chi connectivity index (χ0n) is 9.81. The van der Waals surface area contributed by atoms with Crippen molar-refractivity contribution >= 4 is 22.9 Å². The van der Waals surface area contributed by atoms with E-state index in [0.717, 1.165) is 22.0 Å². The second-order valence-corrected chi connectivity index (χ2v) is 5.10. The van der Waals surface area contributed by atoms with Crippen LogP contribution in [0.1, 0.15) is 19.5 Å². The molecule has 1 heterocycles. The van der Waals surface area contributed by atoms with Gasteiger partial charge in [-0.15, -0.1) is 22.9 Å². The maximum Gasteiger partial charge on any atom is 0.123 e. The Bertz CT molecular complexity index is 496. The summed E-state index contributed by atoms with van der Waals surface area (Å²) in [6.45, 7) is 4.03. The van der Waals surface area contributed by atoms with E-state index in [9.17, 15) is 0 Å². The third kappa shape index (κ3) is 3.20. The van der Waals surface area contributed by atoms with E-state index in [1.54, 1.807) is 11.3 Å². The minimum atomic E-state index is 0.181. The standard InChI is InChI=1S/C13H14ClNOS/c1-9(2)16-12-5-3-4-10(6-12)13-15-11(7-14)8-17-13/h3-6,8-9H,7H2,1-2H3. The van der Waals surface area contributed by atoms with Crippen molar-refractivity contribution < 1.29 is 4.74 Å². The Kier molecular flexibility index (Phi) is 4.02. The number of halogens is 1. The highest BCUT2D eigenvalue weighted by atomic mass is 35.5. The Balaban J connectivity index is 2.26. The molecule has 1 aromatic carbocycles. The molecule has 0 aliphatic carbocycles. The minimum Gasteiger partial charge on any atom is -0.491 e. The molecule has 2 rings (SSSR count). The van der Waals surface area contributed by atoms with E-state index < -0.39 is 0 Å². The molecule has 17 heavy (non-hydrogen) atoms. The van der Waals surface area contributed by atoms with E-state index in [4.69, 9.17) is 16.3 Å². The SMILES string of the molecule is CC(C)Oc1cccc(-c2nc(CCl)cs2)c1. The van der Waals surface area contributed by atoms with Gasteiger partial charge in [-0.2, -0.15) is 0 Å². The molecule has 90 valence electrons. The van der Waals surface area contributed by atoms with Gasteiger partial charge < -0.3 is 4.74 Å². The van der Waals surface area contributed by atoms with Crippen molar-refractivity contribution in [3.8, 4) is 16.3 Å². The monoisotopic (exact) mass is 267 g/mol. The molecule has 0 bridgehead atoms. The molecule has 0 aliphatic heterocycles. The van der Waals surface area contributed by atoms with Gasteiger partial charge >= 0.3 is 0 Å². The highest BCUT2D eigenvalue weighted by Crippen LogP contribution is 2.27. The number of ether oxygens (including phenoxy) is 1. The average Bonchev–Trinajstić information content (AvgIpc) is 2.77. The molecule has 4 heteroatoms. The molecular weight excluding hydrogens is 254 g/mol. The van der Waals surface area contributed by atoms with Crippen molar-refractivity contribution in [2.24, 2.45) is 0 Å². The van der Waals surface area contributed by atoms with Crippen LogP contribution in [0.15, 0.2) is 29.6 Å². The predicted octanol–water partition coefficient (Wildman–Crippen LogP) is 4.34. The summed E-state index contributed by atoms with van der Waals surface area (Å²) < 4.78 is 5.66. The van der Waals surface area contributed by atoms with Gasteiger partial charge in [0.15, 0.2) is 0 Å². The second-order valence-electron chi connectivity index (χ2n) is 3.97. The van der Waals surface area contributed by atoms with Crippen molar-refractivity contribution in [2.75, 3.05) is 0 Å². The van der Waals surface area contributed by atoms with Gasteiger partial charge in [-0.25, -0.2) is 4.98 Å². The highest BCUT2D eigenvalue weighted by molar-refractivity contribution is 7.13. The molecule has 0 radical (unpaired) electrons. The maximum absolute atomic E-state index is 5.75. The van der Waals surface area contributed by atoms with E-state index in [0.29, 0.717) is 5.88 Å². The van der Waals surface area contributed by atoms with E-state index in [2.05, 4.69) is 4.98 Å². The molecule has 0 saturated carbocycles. The van der Waals surface area contributed by atoms with E-state index >= 15 is 0 Å². The Morgan fingerprint density at radius 2 is 2.24 bits per heavy atom. The third-order valence-corrected chi connectivity index (χ3v) is 3.36. The zero-order chi connectivity index (χ0) is 12.3. The van der Waals surface area contributed by atoms with Crippen LogP contribution in [0, 0.1) is 0 Å². The van der Waals surface area contributed by atoms with E-state index in [1.165, 1.54) is 0 Å². The normalized spacial score (nSPS) is 10.8. The summed E-state index contributed by atoms with van der Waals surface area (Å²) in [7, 11) is 0. The molecule has 0 atom stereocenters. The summed E-state index contributed by atoms with van der Waals surface area (Å²) in [5, 5.41) is 2.97. The molecule has 2 aromatic rings. The van der Waals surface area contributed by atoms with Gasteiger partial charge in [0.2, 0.25) is 0 Å². The first kappa shape index (κ1) is 12.4. The molecule has 0 spiro atoms. The first-order valence-electron chi connectivity index (χ1n) is 5.46. The quantitative estimate of drug-likeness (QED) is 0.769. The smallest absolute Gasteiger partial charge is 0.123 e. The van der Waals surface area contributed by atoms with Crippen LogP contribution in [-0.2, 0) is 5.88 Å². The molecule has 0 aliphatic rings. The lowest BCUT2D eigenvalue weighted by Crippen LogP contribution is -2.05. The van der Waals surface area contributed by atoms with E-state index in [-0.39, 0.29) is 6.10 Å². The number of aromatic nitrogens is 1. The topological polar surface area (TPSA) is 22.1 Å². The van der Waals surface area contributed by atoms with Crippen LogP contribution in [0.3, 0.4) is 0 Å². The van der Waals surface area contributed by atoms with Gasteiger partial charge in [0.1, 0.15) is 10.8 Å². The summed E-state index contributed by atoms with van der Waals surface area (Å²) in [5.41, 5.74) is 1.99. The molecule has 1 aromatic heterocycles. The summed E-state index contributed by atoms with van der Waals surface area (Å²) in [5.74, 6) is 1.33. The number of hydrogen-bond donors (Lipinski definition) is 0. The summed E-state index contributed by atoms with van der Waals surface area (Å²) in [6.07, 6.45) is 0.181. The third-order valence-electron chi connectivity index (χ3n) is 2.14. The van der Waals surface area contributed by atoms with Crippen LogP contribution in [-0.4, -0.2) is 11.1 Å². The molecule has 2 nitrogen and oxygen atoms in total. The van der Waals surface area contributed by atoms with Gasteiger partial charge in [0, 0.05) is 10.9 Å². The summed E-state index contributed by atoms with van der Waals surface area (Å²) >= 11 is 7.35. The van der Waals surface area contributed by atoms with Gasteiger partial charge in [0.05, 0.1) is 17.7 Å². The predicted molar refractivity (Wildman–Crippen MR) is 72.9 cm³/mol.